The minimum Gasteiger partial charge on any atom is -0.342 e. The molecule has 94 valence electrons. The molecule has 1 rings (SSSR count). The fourth-order valence-corrected chi connectivity index (χ4v) is 2.31. The quantitative estimate of drug-likeness (QED) is 0.586. The van der Waals surface area contributed by atoms with Gasteiger partial charge in [0.25, 0.3) is 5.91 Å². The Morgan fingerprint density at radius 1 is 1.35 bits per heavy atom. The van der Waals surface area contributed by atoms with Crippen LogP contribution in [0.2, 0.25) is 0 Å². The molecule has 2 nitrogen and oxygen atoms in total. The van der Waals surface area contributed by atoms with Gasteiger partial charge in [0.05, 0.1) is 5.56 Å². The van der Waals surface area contributed by atoms with E-state index >= 15 is 0 Å². The van der Waals surface area contributed by atoms with E-state index in [1.54, 1.807) is 0 Å². The molecule has 0 unspecified atom stereocenters. The molecule has 0 aliphatic rings. The lowest BCUT2D eigenvalue weighted by molar-refractivity contribution is 0.0791. The second-order valence-electron chi connectivity index (χ2n) is 4.37. The van der Waals surface area contributed by atoms with Crippen molar-refractivity contribution < 1.29 is 4.79 Å². The third-order valence-electron chi connectivity index (χ3n) is 2.87. The van der Waals surface area contributed by atoms with Crippen LogP contribution in [0.5, 0.6) is 0 Å². The highest BCUT2D eigenvalue weighted by Gasteiger charge is 2.14. The maximum atomic E-state index is 12.2. The van der Waals surface area contributed by atoms with Crippen molar-refractivity contribution in [2.75, 3.05) is 13.6 Å². The standard InChI is InChI=1S/C14H20INO/c1-4-5-6-10-16(3)14(17)12-9-7-8-11(2)13(12)15/h7-9H,4-6,10H2,1-3H3. The molecule has 0 aromatic heterocycles. The van der Waals surface area contributed by atoms with Gasteiger partial charge < -0.3 is 4.90 Å². The zero-order chi connectivity index (χ0) is 12.8. The van der Waals surface area contributed by atoms with Gasteiger partial charge in [-0.2, -0.15) is 0 Å². The van der Waals surface area contributed by atoms with Gasteiger partial charge in [0.1, 0.15) is 0 Å². The van der Waals surface area contributed by atoms with Crippen LogP contribution in [-0.4, -0.2) is 24.4 Å². The summed E-state index contributed by atoms with van der Waals surface area (Å²) in [5.74, 6) is 0.134. The molecule has 17 heavy (non-hydrogen) atoms. The molecule has 0 N–H and O–H groups in total. The van der Waals surface area contributed by atoms with Crippen LogP contribution in [0.15, 0.2) is 18.2 Å². The maximum absolute atomic E-state index is 12.2. The zero-order valence-electron chi connectivity index (χ0n) is 10.8. The van der Waals surface area contributed by atoms with Gasteiger partial charge in [-0.1, -0.05) is 31.9 Å². The van der Waals surface area contributed by atoms with E-state index in [1.165, 1.54) is 18.4 Å². The predicted molar refractivity (Wildman–Crippen MR) is 80.4 cm³/mol. The first-order chi connectivity index (χ1) is 8.07. The second-order valence-corrected chi connectivity index (χ2v) is 5.45. The topological polar surface area (TPSA) is 20.3 Å². The molecule has 0 atom stereocenters. The molecule has 0 spiro atoms. The fraction of sp³-hybridized carbons (Fsp3) is 0.500. The van der Waals surface area contributed by atoms with E-state index in [2.05, 4.69) is 29.5 Å². The molecular formula is C14H20INO. The second kappa shape index (κ2) is 6.99. The molecule has 0 fully saturated rings. The molecule has 0 aliphatic carbocycles. The summed E-state index contributed by atoms with van der Waals surface area (Å²) in [6.45, 7) is 5.05. The largest absolute Gasteiger partial charge is 0.342 e. The average Bonchev–Trinajstić information content (AvgIpc) is 2.32. The van der Waals surface area contributed by atoms with Gasteiger partial charge in [0.2, 0.25) is 0 Å². The van der Waals surface area contributed by atoms with Gasteiger partial charge in [0, 0.05) is 17.2 Å². The van der Waals surface area contributed by atoms with Crippen molar-refractivity contribution in [2.45, 2.75) is 33.1 Å². The van der Waals surface area contributed by atoms with Gasteiger partial charge in [0.15, 0.2) is 0 Å². The molecule has 1 amide bonds. The third kappa shape index (κ3) is 3.98. The van der Waals surface area contributed by atoms with Crippen LogP contribution in [0, 0.1) is 10.5 Å². The third-order valence-corrected chi connectivity index (χ3v) is 4.30. The summed E-state index contributed by atoms with van der Waals surface area (Å²) in [6.07, 6.45) is 3.45. The SMILES string of the molecule is CCCCCN(C)C(=O)c1cccc(C)c1I. The van der Waals surface area contributed by atoms with Crippen molar-refractivity contribution in [3.63, 3.8) is 0 Å². The number of hydrogen-bond donors (Lipinski definition) is 0. The molecule has 1 aromatic carbocycles. The summed E-state index contributed by atoms with van der Waals surface area (Å²) in [7, 11) is 1.89. The van der Waals surface area contributed by atoms with E-state index in [-0.39, 0.29) is 5.91 Å². The van der Waals surface area contributed by atoms with Crippen LogP contribution in [0.3, 0.4) is 0 Å². The number of halogens is 1. The number of aryl methyl sites for hydroxylation is 1. The lowest BCUT2D eigenvalue weighted by Gasteiger charge is -2.18. The summed E-state index contributed by atoms with van der Waals surface area (Å²) < 4.78 is 1.07. The monoisotopic (exact) mass is 345 g/mol. The first-order valence-corrected chi connectivity index (χ1v) is 7.16. The van der Waals surface area contributed by atoms with Crippen molar-refractivity contribution >= 4 is 28.5 Å². The molecule has 0 heterocycles. The number of benzene rings is 1. The lowest BCUT2D eigenvalue weighted by atomic mass is 10.1. The Labute approximate surface area is 118 Å². The highest BCUT2D eigenvalue weighted by atomic mass is 127. The minimum absolute atomic E-state index is 0.134. The highest BCUT2D eigenvalue weighted by molar-refractivity contribution is 14.1. The number of carbonyl (C=O) groups excluding carboxylic acids is 1. The number of hydrogen-bond acceptors (Lipinski definition) is 1. The van der Waals surface area contributed by atoms with Crippen molar-refractivity contribution in [3.8, 4) is 0 Å². The van der Waals surface area contributed by atoms with E-state index in [0.29, 0.717) is 0 Å². The Morgan fingerprint density at radius 3 is 2.71 bits per heavy atom. The molecule has 0 bridgehead atoms. The van der Waals surface area contributed by atoms with E-state index in [1.807, 2.05) is 37.1 Å². The van der Waals surface area contributed by atoms with Crippen LogP contribution < -0.4 is 0 Å². The number of nitrogens with zero attached hydrogens (tertiary/aromatic N) is 1. The Hall–Kier alpha value is -0.580. The van der Waals surface area contributed by atoms with E-state index in [4.69, 9.17) is 0 Å². The average molecular weight is 345 g/mol. The Bertz CT molecular complexity index is 390. The molecule has 0 saturated heterocycles. The van der Waals surface area contributed by atoms with Crippen LogP contribution in [0.4, 0.5) is 0 Å². The van der Waals surface area contributed by atoms with Crippen molar-refractivity contribution in [2.24, 2.45) is 0 Å². The first kappa shape index (κ1) is 14.5. The van der Waals surface area contributed by atoms with Crippen LogP contribution in [0.1, 0.15) is 42.1 Å². The summed E-state index contributed by atoms with van der Waals surface area (Å²) in [5.41, 5.74) is 1.99. The molecule has 1 aromatic rings. The van der Waals surface area contributed by atoms with Crippen molar-refractivity contribution in [3.05, 3.63) is 32.9 Å². The number of rotatable bonds is 5. The van der Waals surface area contributed by atoms with E-state index in [9.17, 15) is 4.79 Å². The first-order valence-electron chi connectivity index (χ1n) is 6.08. The van der Waals surface area contributed by atoms with Crippen molar-refractivity contribution in [1.82, 2.24) is 4.90 Å². The predicted octanol–water partition coefficient (Wildman–Crippen LogP) is 3.86. The lowest BCUT2D eigenvalue weighted by Crippen LogP contribution is -2.28. The number of amides is 1. The van der Waals surface area contributed by atoms with Gasteiger partial charge >= 0.3 is 0 Å². The normalized spacial score (nSPS) is 10.4. The van der Waals surface area contributed by atoms with Gasteiger partial charge in [-0.05, 0) is 47.6 Å². The summed E-state index contributed by atoms with van der Waals surface area (Å²) in [4.78, 5) is 14.1. The maximum Gasteiger partial charge on any atom is 0.254 e. The number of carbonyl (C=O) groups is 1. The van der Waals surface area contributed by atoms with Gasteiger partial charge in [-0.3, -0.25) is 4.79 Å². The van der Waals surface area contributed by atoms with Gasteiger partial charge in [-0.25, -0.2) is 0 Å². The smallest absolute Gasteiger partial charge is 0.254 e. The summed E-state index contributed by atoms with van der Waals surface area (Å²) in [6, 6.07) is 5.90. The zero-order valence-corrected chi connectivity index (χ0v) is 13.0. The van der Waals surface area contributed by atoms with Crippen LogP contribution >= 0.6 is 22.6 Å². The summed E-state index contributed by atoms with van der Waals surface area (Å²) in [5, 5.41) is 0. The molecule has 3 heteroatoms. The minimum atomic E-state index is 0.134. The molecule has 0 aliphatic heterocycles. The molecule has 0 radical (unpaired) electrons. The van der Waals surface area contributed by atoms with E-state index < -0.39 is 0 Å². The van der Waals surface area contributed by atoms with Crippen molar-refractivity contribution in [1.29, 1.82) is 0 Å². The van der Waals surface area contributed by atoms with Gasteiger partial charge in [-0.15, -0.1) is 0 Å². The molecular weight excluding hydrogens is 325 g/mol. The van der Waals surface area contributed by atoms with E-state index in [0.717, 1.165) is 22.1 Å². The fourth-order valence-electron chi connectivity index (χ4n) is 1.72. The van der Waals surface area contributed by atoms with Crippen LogP contribution in [0.25, 0.3) is 0 Å². The molecule has 0 saturated carbocycles. The Morgan fingerprint density at radius 2 is 2.06 bits per heavy atom. The Kier molecular flexibility index (Phi) is 5.95. The summed E-state index contributed by atoms with van der Waals surface area (Å²) >= 11 is 2.25. The number of unbranched alkanes of at least 4 members (excludes halogenated alkanes) is 2. The Balaban J connectivity index is 2.71. The van der Waals surface area contributed by atoms with Crippen LogP contribution in [-0.2, 0) is 0 Å². The highest BCUT2D eigenvalue weighted by Crippen LogP contribution is 2.18.